The zero-order valence-electron chi connectivity index (χ0n) is 14.8. The molecule has 0 spiro atoms. The normalized spacial score (nSPS) is 16.6. The monoisotopic (exact) mass is 406 g/mol. The van der Waals surface area contributed by atoms with Crippen molar-refractivity contribution >= 4 is 38.3 Å². The maximum atomic E-state index is 11.8. The molecule has 4 rings (SSSR count). The first-order valence-electron chi connectivity index (χ1n) is 8.56. The van der Waals surface area contributed by atoms with E-state index < -0.39 is 9.84 Å². The Labute approximate surface area is 162 Å². The van der Waals surface area contributed by atoms with Gasteiger partial charge in [0.2, 0.25) is 0 Å². The number of fused-ring (bicyclic) bond motifs is 1. The third kappa shape index (κ3) is 3.59. The molecule has 0 amide bonds. The molecule has 1 saturated heterocycles. The predicted octanol–water partition coefficient (Wildman–Crippen LogP) is 2.38. The first-order chi connectivity index (χ1) is 13.0. The lowest BCUT2D eigenvalue weighted by Crippen LogP contribution is -2.40. The Hall–Kier alpha value is -2.32. The summed E-state index contributed by atoms with van der Waals surface area (Å²) in [5.41, 5.74) is 1.73. The highest BCUT2D eigenvalue weighted by Gasteiger charge is 2.26. The van der Waals surface area contributed by atoms with E-state index in [4.69, 9.17) is 21.4 Å². The Morgan fingerprint density at radius 3 is 2.52 bits per heavy atom. The summed E-state index contributed by atoms with van der Waals surface area (Å²) in [5.74, 6) is 1.72. The molecule has 142 valence electrons. The third-order valence-corrected chi connectivity index (χ3v) is 6.62. The lowest BCUT2D eigenvalue weighted by atomic mass is 10.2. The van der Waals surface area contributed by atoms with Crippen molar-refractivity contribution in [1.29, 1.82) is 0 Å². The molecule has 0 bridgehead atoms. The van der Waals surface area contributed by atoms with Crippen LogP contribution in [0.2, 0.25) is 5.02 Å². The zero-order chi connectivity index (χ0) is 19.0. The van der Waals surface area contributed by atoms with Crippen molar-refractivity contribution in [2.24, 2.45) is 0 Å². The minimum atomic E-state index is -2.97. The maximum Gasteiger partial charge on any atom is 0.161 e. The molecule has 2 aromatic heterocycles. The van der Waals surface area contributed by atoms with Gasteiger partial charge < -0.3 is 9.64 Å². The fraction of sp³-hybridized carbons (Fsp3) is 0.333. The number of nitrogens with zero attached hydrogens (tertiary/aromatic N) is 4. The average Bonchev–Trinajstić information content (AvgIpc) is 3.02. The number of benzene rings is 1. The van der Waals surface area contributed by atoms with Crippen LogP contribution in [0.4, 0.5) is 5.82 Å². The van der Waals surface area contributed by atoms with Gasteiger partial charge in [-0.05, 0) is 23.8 Å². The van der Waals surface area contributed by atoms with Gasteiger partial charge in [-0.15, -0.1) is 0 Å². The van der Waals surface area contributed by atoms with Gasteiger partial charge in [-0.25, -0.2) is 18.1 Å². The van der Waals surface area contributed by atoms with Gasteiger partial charge in [-0.1, -0.05) is 23.7 Å². The van der Waals surface area contributed by atoms with Crippen LogP contribution in [-0.2, 0) is 16.4 Å². The number of sulfone groups is 1. The molecule has 1 aliphatic rings. The fourth-order valence-electron chi connectivity index (χ4n) is 3.20. The summed E-state index contributed by atoms with van der Waals surface area (Å²) in [5, 5.41) is 6.05. The van der Waals surface area contributed by atoms with Crippen molar-refractivity contribution < 1.29 is 13.2 Å². The number of halogens is 1. The van der Waals surface area contributed by atoms with Crippen LogP contribution in [0.1, 0.15) is 5.56 Å². The van der Waals surface area contributed by atoms with Gasteiger partial charge in [0.1, 0.15) is 5.75 Å². The van der Waals surface area contributed by atoms with Crippen molar-refractivity contribution in [2.75, 3.05) is 36.6 Å². The second kappa shape index (κ2) is 7.01. The minimum absolute atomic E-state index is 0.123. The van der Waals surface area contributed by atoms with Crippen molar-refractivity contribution in [3.05, 3.63) is 47.1 Å². The van der Waals surface area contributed by atoms with Crippen LogP contribution in [0.15, 0.2) is 36.5 Å². The summed E-state index contributed by atoms with van der Waals surface area (Å²) in [6.07, 6.45) is 1.65. The van der Waals surface area contributed by atoms with E-state index in [0.29, 0.717) is 36.1 Å². The standard InChI is InChI=1S/C18H19ClN4O3S/c1-26-14-4-2-13(3-5-14)12-23-17-16(15(19)6-7-20-17)18(21-23)22-8-10-27(24,25)11-9-22/h2-7H,8-12H2,1H3. The molecule has 3 aromatic rings. The van der Waals surface area contributed by atoms with E-state index in [1.807, 2.05) is 33.8 Å². The van der Waals surface area contributed by atoms with Gasteiger partial charge in [-0.3, -0.25) is 0 Å². The second-order valence-electron chi connectivity index (χ2n) is 6.46. The van der Waals surface area contributed by atoms with Crippen LogP contribution in [-0.4, -0.2) is 54.9 Å². The minimum Gasteiger partial charge on any atom is -0.497 e. The van der Waals surface area contributed by atoms with E-state index in [1.54, 1.807) is 19.4 Å². The summed E-state index contributed by atoms with van der Waals surface area (Å²) >= 11 is 6.44. The topological polar surface area (TPSA) is 77.3 Å². The highest BCUT2D eigenvalue weighted by atomic mass is 35.5. The molecule has 3 heterocycles. The summed E-state index contributed by atoms with van der Waals surface area (Å²) in [6.45, 7) is 1.34. The quantitative estimate of drug-likeness (QED) is 0.662. The largest absolute Gasteiger partial charge is 0.497 e. The van der Waals surface area contributed by atoms with E-state index in [0.717, 1.165) is 16.7 Å². The summed E-state index contributed by atoms with van der Waals surface area (Å²) < 4.78 is 30.5. The summed E-state index contributed by atoms with van der Waals surface area (Å²) in [7, 11) is -1.34. The highest BCUT2D eigenvalue weighted by Crippen LogP contribution is 2.32. The number of rotatable bonds is 4. The Morgan fingerprint density at radius 1 is 1.15 bits per heavy atom. The van der Waals surface area contributed by atoms with Gasteiger partial charge in [0.25, 0.3) is 0 Å². The number of aromatic nitrogens is 3. The first-order valence-corrected chi connectivity index (χ1v) is 10.8. The SMILES string of the molecule is COc1ccc(Cn2nc(N3CCS(=O)(=O)CC3)c3c(Cl)ccnc32)cc1. The van der Waals surface area contributed by atoms with Gasteiger partial charge >= 0.3 is 0 Å². The fourth-order valence-corrected chi connectivity index (χ4v) is 4.63. The zero-order valence-corrected chi connectivity index (χ0v) is 16.4. The number of pyridine rings is 1. The van der Waals surface area contributed by atoms with E-state index in [9.17, 15) is 8.42 Å². The second-order valence-corrected chi connectivity index (χ2v) is 9.17. The van der Waals surface area contributed by atoms with Crippen LogP contribution < -0.4 is 9.64 Å². The Bertz CT molecular complexity index is 1070. The van der Waals surface area contributed by atoms with Crippen LogP contribution in [0.3, 0.4) is 0 Å². The third-order valence-electron chi connectivity index (χ3n) is 4.70. The van der Waals surface area contributed by atoms with Gasteiger partial charge in [-0.2, -0.15) is 5.10 Å². The van der Waals surface area contributed by atoms with E-state index in [2.05, 4.69) is 4.98 Å². The molecule has 9 heteroatoms. The molecule has 0 saturated carbocycles. The van der Waals surface area contributed by atoms with Crippen LogP contribution in [0, 0.1) is 0 Å². The van der Waals surface area contributed by atoms with Gasteiger partial charge in [0.05, 0.1) is 35.6 Å². The number of hydrogen-bond acceptors (Lipinski definition) is 6. The maximum absolute atomic E-state index is 11.8. The molecule has 0 aliphatic carbocycles. The number of methoxy groups -OCH3 is 1. The molecule has 0 radical (unpaired) electrons. The lowest BCUT2D eigenvalue weighted by Gasteiger charge is -2.26. The summed E-state index contributed by atoms with van der Waals surface area (Å²) in [6, 6.07) is 9.48. The molecule has 0 N–H and O–H groups in total. The number of anilines is 1. The van der Waals surface area contributed by atoms with Crippen LogP contribution in [0.5, 0.6) is 5.75 Å². The molecule has 27 heavy (non-hydrogen) atoms. The Kier molecular flexibility index (Phi) is 4.69. The van der Waals surface area contributed by atoms with Gasteiger partial charge in [0.15, 0.2) is 21.3 Å². The molecule has 0 atom stereocenters. The lowest BCUT2D eigenvalue weighted by molar-refractivity contribution is 0.414. The molecule has 1 aliphatic heterocycles. The van der Waals surface area contributed by atoms with E-state index >= 15 is 0 Å². The summed E-state index contributed by atoms with van der Waals surface area (Å²) in [4.78, 5) is 6.44. The molecule has 7 nitrogen and oxygen atoms in total. The van der Waals surface area contributed by atoms with Crippen LogP contribution in [0.25, 0.3) is 11.0 Å². The van der Waals surface area contributed by atoms with Crippen molar-refractivity contribution in [2.45, 2.75) is 6.54 Å². The van der Waals surface area contributed by atoms with Crippen molar-refractivity contribution in [1.82, 2.24) is 14.8 Å². The molecular formula is C18H19ClN4O3S. The van der Waals surface area contributed by atoms with E-state index in [-0.39, 0.29) is 11.5 Å². The molecule has 0 unspecified atom stereocenters. The molecule has 1 aromatic carbocycles. The predicted molar refractivity (Wildman–Crippen MR) is 106 cm³/mol. The first kappa shape index (κ1) is 18.1. The Balaban J connectivity index is 1.72. The smallest absolute Gasteiger partial charge is 0.161 e. The highest BCUT2D eigenvalue weighted by molar-refractivity contribution is 7.91. The van der Waals surface area contributed by atoms with Crippen LogP contribution >= 0.6 is 11.6 Å². The number of ether oxygens (including phenoxy) is 1. The van der Waals surface area contributed by atoms with E-state index in [1.165, 1.54) is 0 Å². The average molecular weight is 407 g/mol. The molecular weight excluding hydrogens is 388 g/mol. The van der Waals surface area contributed by atoms with Gasteiger partial charge in [0, 0.05) is 19.3 Å². The number of hydrogen-bond donors (Lipinski definition) is 0. The molecule has 1 fully saturated rings. The van der Waals surface area contributed by atoms with Crippen molar-refractivity contribution in [3.8, 4) is 5.75 Å². The van der Waals surface area contributed by atoms with Crippen molar-refractivity contribution in [3.63, 3.8) is 0 Å². The Morgan fingerprint density at radius 2 is 1.85 bits per heavy atom.